The number of carbonyl (C=O) groups is 1. The van der Waals surface area contributed by atoms with E-state index in [4.69, 9.17) is 4.74 Å². The zero-order valence-corrected chi connectivity index (χ0v) is 13.4. The highest BCUT2D eigenvalue weighted by molar-refractivity contribution is 9.10. The highest BCUT2D eigenvalue weighted by atomic mass is 79.9. The summed E-state index contributed by atoms with van der Waals surface area (Å²) in [5, 5.41) is 0. The van der Waals surface area contributed by atoms with Gasteiger partial charge in [0, 0.05) is 5.56 Å². The van der Waals surface area contributed by atoms with Crippen LogP contribution >= 0.6 is 27.7 Å². The van der Waals surface area contributed by atoms with Crippen LogP contribution in [0.15, 0.2) is 22.7 Å². The third kappa shape index (κ3) is 4.65. The monoisotopic (exact) mass is 330 g/mol. The molecule has 1 unspecified atom stereocenters. The maximum atomic E-state index is 12.0. The van der Waals surface area contributed by atoms with Gasteiger partial charge in [-0.25, -0.2) is 0 Å². The molecule has 1 aromatic rings. The molecule has 0 saturated heterocycles. The summed E-state index contributed by atoms with van der Waals surface area (Å²) in [6.07, 6.45) is 1.16. The van der Waals surface area contributed by atoms with Gasteiger partial charge in [-0.3, -0.25) is 4.79 Å². The molecule has 0 heterocycles. The Morgan fingerprint density at radius 1 is 1.50 bits per heavy atom. The molecule has 0 aliphatic rings. The standard InChI is InChI=1S/C14H19BrO2S/c1-4-10(2)8-18-9-13(16)11-5-6-14(17-3)12(15)7-11/h5-7,10H,4,8-9H2,1-3H3. The van der Waals surface area contributed by atoms with Crippen molar-refractivity contribution in [3.63, 3.8) is 0 Å². The van der Waals surface area contributed by atoms with Crippen molar-refractivity contribution >= 4 is 33.5 Å². The Hall–Kier alpha value is -0.480. The summed E-state index contributed by atoms with van der Waals surface area (Å²) in [5.41, 5.74) is 0.735. The number of rotatable bonds is 7. The van der Waals surface area contributed by atoms with Gasteiger partial charge in [0.25, 0.3) is 0 Å². The largest absolute Gasteiger partial charge is 0.496 e. The number of Topliss-reactive ketones (excluding diaryl/α,β-unsaturated/α-hetero) is 1. The summed E-state index contributed by atoms with van der Waals surface area (Å²) in [6.45, 7) is 4.38. The van der Waals surface area contributed by atoms with Crippen LogP contribution < -0.4 is 4.74 Å². The zero-order chi connectivity index (χ0) is 13.5. The second-order valence-electron chi connectivity index (χ2n) is 4.30. The fourth-order valence-electron chi connectivity index (χ4n) is 1.39. The van der Waals surface area contributed by atoms with Gasteiger partial charge in [-0.2, -0.15) is 11.8 Å². The van der Waals surface area contributed by atoms with Crippen molar-refractivity contribution in [1.29, 1.82) is 0 Å². The maximum Gasteiger partial charge on any atom is 0.172 e. The molecule has 0 aromatic heterocycles. The fourth-order valence-corrected chi connectivity index (χ4v) is 3.04. The van der Waals surface area contributed by atoms with Crippen molar-refractivity contribution in [1.82, 2.24) is 0 Å². The highest BCUT2D eigenvalue weighted by Crippen LogP contribution is 2.26. The van der Waals surface area contributed by atoms with Crippen molar-refractivity contribution in [2.75, 3.05) is 18.6 Å². The van der Waals surface area contributed by atoms with Crippen LogP contribution in [0.5, 0.6) is 5.75 Å². The van der Waals surface area contributed by atoms with E-state index in [-0.39, 0.29) is 5.78 Å². The lowest BCUT2D eigenvalue weighted by atomic mass is 10.1. The first-order chi connectivity index (χ1) is 8.58. The van der Waals surface area contributed by atoms with Crippen LogP contribution in [0.25, 0.3) is 0 Å². The predicted molar refractivity (Wildman–Crippen MR) is 81.8 cm³/mol. The Balaban J connectivity index is 2.54. The first-order valence-corrected chi connectivity index (χ1v) is 7.97. The minimum atomic E-state index is 0.173. The van der Waals surface area contributed by atoms with Crippen LogP contribution in [-0.4, -0.2) is 24.4 Å². The van der Waals surface area contributed by atoms with E-state index in [9.17, 15) is 4.79 Å². The van der Waals surface area contributed by atoms with Crippen molar-refractivity contribution in [3.8, 4) is 5.75 Å². The number of ketones is 1. The molecule has 0 N–H and O–H groups in total. The van der Waals surface area contributed by atoms with E-state index >= 15 is 0 Å². The molecule has 0 radical (unpaired) electrons. The Labute approximate surface area is 122 Å². The first kappa shape index (κ1) is 15.6. The van der Waals surface area contributed by atoms with Gasteiger partial charge in [-0.15, -0.1) is 0 Å². The van der Waals surface area contributed by atoms with E-state index in [1.54, 1.807) is 18.9 Å². The summed E-state index contributed by atoms with van der Waals surface area (Å²) in [7, 11) is 1.61. The lowest BCUT2D eigenvalue weighted by Gasteiger charge is -2.08. The molecule has 0 aliphatic carbocycles. The third-order valence-corrected chi connectivity index (χ3v) is 4.70. The van der Waals surface area contributed by atoms with Crippen LogP contribution in [0.2, 0.25) is 0 Å². The zero-order valence-electron chi connectivity index (χ0n) is 11.0. The average molecular weight is 331 g/mol. The van der Waals surface area contributed by atoms with E-state index in [2.05, 4.69) is 29.8 Å². The summed E-state index contributed by atoms with van der Waals surface area (Å²) < 4.78 is 5.97. The molecule has 1 aromatic carbocycles. The molecular formula is C14H19BrO2S. The van der Waals surface area contributed by atoms with Gasteiger partial charge in [0.2, 0.25) is 0 Å². The number of halogens is 1. The van der Waals surface area contributed by atoms with Crippen LogP contribution in [0, 0.1) is 5.92 Å². The number of hydrogen-bond acceptors (Lipinski definition) is 3. The number of ether oxygens (including phenoxy) is 1. The van der Waals surface area contributed by atoms with Crippen molar-refractivity contribution < 1.29 is 9.53 Å². The molecule has 2 nitrogen and oxygen atoms in total. The highest BCUT2D eigenvalue weighted by Gasteiger charge is 2.09. The Morgan fingerprint density at radius 2 is 2.22 bits per heavy atom. The summed E-state index contributed by atoms with van der Waals surface area (Å²) in [5.74, 6) is 3.18. The van der Waals surface area contributed by atoms with Gasteiger partial charge >= 0.3 is 0 Å². The molecule has 0 fully saturated rings. The van der Waals surface area contributed by atoms with E-state index in [0.717, 1.165) is 28.0 Å². The lowest BCUT2D eigenvalue weighted by Crippen LogP contribution is -2.05. The molecular weight excluding hydrogens is 312 g/mol. The topological polar surface area (TPSA) is 26.3 Å². The molecule has 0 saturated carbocycles. The number of thioether (sulfide) groups is 1. The van der Waals surface area contributed by atoms with Crippen molar-refractivity contribution in [2.24, 2.45) is 5.92 Å². The minimum absolute atomic E-state index is 0.173. The number of carbonyl (C=O) groups excluding carboxylic acids is 1. The second-order valence-corrected chi connectivity index (χ2v) is 6.19. The van der Waals surface area contributed by atoms with Crippen LogP contribution in [0.1, 0.15) is 30.6 Å². The van der Waals surface area contributed by atoms with Gasteiger partial charge in [0.1, 0.15) is 5.75 Å². The second kappa shape index (κ2) is 7.85. The normalized spacial score (nSPS) is 12.2. The van der Waals surface area contributed by atoms with E-state index in [1.165, 1.54) is 0 Å². The third-order valence-electron chi connectivity index (χ3n) is 2.81. The van der Waals surface area contributed by atoms with E-state index in [1.807, 2.05) is 18.2 Å². The molecule has 1 rings (SSSR count). The average Bonchev–Trinajstić information content (AvgIpc) is 2.38. The molecule has 0 amide bonds. The molecule has 0 bridgehead atoms. The van der Waals surface area contributed by atoms with Crippen LogP contribution in [0.4, 0.5) is 0 Å². The summed E-state index contributed by atoms with van der Waals surface area (Å²) >= 11 is 5.10. The maximum absolute atomic E-state index is 12.0. The quantitative estimate of drug-likeness (QED) is 0.692. The number of methoxy groups -OCH3 is 1. The van der Waals surface area contributed by atoms with Crippen molar-refractivity contribution in [2.45, 2.75) is 20.3 Å². The minimum Gasteiger partial charge on any atom is -0.496 e. The first-order valence-electron chi connectivity index (χ1n) is 6.03. The SMILES string of the molecule is CCC(C)CSCC(=O)c1ccc(OC)c(Br)c1. The predicted octanol–water partition coefficient (Wildman–Crippen LogP) is 4.42. The van der Waals surface area contributed by atoms with Gasteiger partial charge in [-0.05, 0) is 45.8 Å². The number of benzene rings is 1. The molecule has 0 spiro atoms. The van der Waals surface area contributed by atoms with E-state index < -0.39 is 0 Å². The molecule has 0 aliphatic heterocycles. The Bertz CT molecular complexity index is 407. The van der Waals surface area contributed by atoms with Crippen LogP contribution in [-0.2, 0) is 0 Å². The smallest absolute Gasteiger partial charge is 0.172 e. The van der Waals surface area contributed by atoms with E-state index in [0.29, 0.717) is 11.7 Å². The molecule has 18 heavy (non-hydrogen) atoms. The summed E-state index contributed by atoms with van der Waals surface area (Å²) in [4.78, 5) is 12.0. The Kier molecular flexibility index (Phi) is 6.79. The molecule has 1 atom stereocenters. The molecule has 4 heteroatoms. The summed E-state index contributed by atoms with van der Waals surface area (Å²) in [6, 6.07) is 5.46. The molecule has 100 valence electrons. The van der Waals surface area contributed by atoms with Gasteiger partial charge in [-0.1, -0.05) is 20.3 Å². The lowest BCUT2D eigenvalue weighted by molar-refractivity contribution is 0.102. The number of hydrogen-bond donors (Lipinski definition) is 0. The van der Waals surface area contributed by atoms with Gasteiger partial charge < -0.3 is 4.74 Å². The fraction of sp³-hybridized carbons (Fsp3) is 0.500. The van der Waals surface area contributed by atoms with Crippen LogP contribution in [0.3, 0.4) is 0 Å². The van der Waals surface area contributed by atoms with Gasteiger partial charge in [0.05, 0.1) is 17.3 Å². The van der Waals surface area contributed by atoms with Crippen molar-refractivity contribution in [3.05, 3.63) is 28.2 Å². The van der Waals surface area contributed by atoms with Gasteiger partial charge in [0.15, 0.2) is 5.78 Å². The Morgan fingerprint density at radius 3 is 2.78 bits per heavy atom.